The zero-order valence-electron chi connectivity index (χ0n) is 14.1. The molecule has 0 aliphatic carbocycles. The smallest absolute Gasteiger partial charge is 0.119 e. The zero-order chi connectivity index (χ0) is 17.5. The average Bonchev–Trinajstić information content (AvgIpc) is 2.67. The highest BCUT2D eigenvalue weighted by molar-refractivity contribution is 6.30. The van der Waals surface area contributed by atoms with E-state index in [4.69, 9.17) is 16.3 Å². The summed E-state index contributed by atoms with van der Waals surface area (Å²) in [5, 5.41) is 0.723. The van der Waals surface area contributed by atoms with Crippen LogP contribution in [0.25, 0.3) is 11.1 Å². The van der Waals surface area contributed by atoms with Gasteiger partial charge < -0.3 is 4.74 Å². The van der Waals surface area contributed by atoms with Crippen LogP contribution in [0.15, 0.2) is 72.8 Å². The predicted octanol–water partition coefficient (Wildman–Crippen LogP) is 6.20. The molecule has 0 fully saturated rings. The molecule has 3 aromatic carbocycles. The summed E-state index contributed by atoms with van der Waals surface area (Å²) in [4.78, 5) is 0. The third-order valence-corrected chi connectivity index (χ3v) is 3.99. The molecule has 0 radical (unpaired) electrons. The van der Waals surface area contributed by atoms with Crippen LogP contribution in [-0.4, -0.2) is 6.61 Å². The van der Waals surface area contributed by atoms with E-state index in [-0.39, 0.29) is 0 Å². The van der Waals surface area contributed by atoms with Crippen LogP contribution in [0.2, 0.25) is 5.02 Å². The largest absolute Gasteiger partial charge is 0.494 e. The molecule has 0 amide bonds. The van der Waals surface area contributed by atoms with E-state index in [0.717, 1.165) is 34.9 Å². The summed E-state index contributed by atoms with van der Waals surface area (Å²) in [6, 6.07) is 24.0. The Kier molecular flexibility index (Phi) is 5.77. The first-order valence-corrected chi connectivity index (χ1v) is 8.73. The Hall–Kier alpha value is -2.69. The molecule has 0 saturated carbocycles. The van der Waals surface area contributed by atoms with Crippen molar-refractivity contribution in [3.63, 3.8) is 0 Å². The Morgan fingerprint density at radius 1 is 0.720 bits per heavy atom. The van der Waals surface area contributed by atoms with Crippen molar-refractivity contribution in [2.45, 2.75) is 13.3 Å². The summed E-state index contributed by atoms with van der Waals surface area (Å²) in [5.74, 6) is 7.24. The molecule has 124 valence electrons. The first-order valence-electron chi connectivity index (χ1n) is 8.35. The van der Waals surface area contributed by atoms with Gasteiger partial charge in [-0.05, 0) is 66.1 Å². The molecular weight excluding hydrogens is 328 g/mol. The second-order valence-corrected chi connectivity index (χ2v) is 6.14. The van der Waals surface area contributed by atoms with Crippen molar-refractivity contribution < 1.29 is 4.74 Å². The van der Waals surface area contributed by atoms with Crippen LogP contribution in [0.5, 0.6) is 5.75 Å². The lowest BCUT2D eigenvalue weighted by molar-refractivity contribution is 0.317. The van der Waals surface area contributed by atoms with Crippen molar-refractivity contribution in [3.8, 4) is 28.7 Å². The maximum Gasteiger partial charge on any atom is 0.119 e. The van der Waals surface area contributed by atoms with Gasteiger partial charge in [0.15, 0.2) is 0 Å². The van der Waals surface area contributed by atoms with E-state index in [1.54, 1.807) is 0 Å². The SMILES string of the molecule is CCCOc1ccc(-c2ccc(C#Cc3ccc(Cl)cc3)cc2)cc1. The normalized spacial score (nSPS) is 10.0. The first kappa shape index (κ1) is 17.1. The average molecular weight is 347 g/mol. The first-order chi connectivity index (χ1) is 12.2. The molecule has 0 saturated heterocycles. The third-order valence-electron chi connectivity index (χ3n) is 3.74. The van der Waals surface area contributed by atoms with Crippen LogP contribution in [0, 0.1) is 11.8 Å². The van der Waals surface area contributed by atoms with E-state index in [9.17, 15) is 0 Å². The monoisotopic (exact) mass is 346 g/mol. The summed E-state index contributed by atoms with van der Waals surface area (Å²) < 4.78 is 5.62. The van der Waals surface area contributed by atoms with E-state index in [1.165, 1.54) is 11.1 Å². The number of benzene rings is 3. The Morgan fingerprint density at radius 2 is 1.20 bits per heavy atom. The zero-order valence-corrected chi connectivity index (χ0v) is 14.9. The molecular formula is C23H19ClO. The molecule has 0 spiro atoms. The van der Waals surface area contributed by atoms with Crippen LogP contribution < -0.4 is 4.74 Å². The van der Waals surface area contributed by atoms with Gasteiger partial charge in [-0.1, -0.05) is 54.6 Å². The lowest BCUT2D eigenvalue weighted by Crippen LogP contribution is -1.94. The highest BCUT2D eigenvalue weighted by atomic mass is 35.5. The molecule has 0 heterocycles. The Labute approximate surface area is 154 Å². The molecule has 1 nitrogen and oxygen atoms in total. The van der Waals surface area contributed by atoms with E-state index in [0.29, 0.717) is 0 Å². The number of halogens is 1. The van der Waals surface area contributed by atoms with Crippen molar-refractivity contribution in [1.29, 1.82) is 0 Å². The van der Waals surface area contributed by atoms with Crippen molar-refractivity contribution >= 4 is 11.6 Å². The fourth-order valence-corrected chi connectivity index (χ4v) is 2.51. The number of rotatable bonds is 4. The van der Waals surface area contributed by atoms with Crippen molar-refractivity contribution in [2.24, 2.45) is 0 Å². The highest BCUT2D eigenvalue weighted by Gasteiger charge is 1.99. The molecule has 0 atom stereocenters. The molecule has 0 aliphatic heterocycles. The van der Waals surface area contributed by atoms with Gasteiger partial charge in [-0.15, -0.1) is 0 Å². The minimum Gasteiger partial charge on any atom is -0.494 e. The van der Waals surface area contributed by atoms with E-state index < -0.39 is 0 Å². The number of ether oxygens (including phenoxy) is 1. The highest BCUT2D eigenvalue weighted by Crippen LogP contribution is 2.23. The van der Waals surface area contributed by atoms with Crippen LogP contribution >= 0.6 is 11.6 Å². The van der Waals surface area contributed by atoms with Crippen LogP contribution in [-0.2, 0) is 0 Å². The van der Waals surface area contributed by atoms with Gasteiger partial charge >= 0.3 is 0 Å². The predicted molar refractivity (Wildman–Crippen MR) is 105 cm³/mol. The van der Waals surface area contributed by atoms with Crippen LogP contribution in [0.3, 0.4) is 0 Å². The third kappa shape index (κ3) is 4.89. The van der Waals surface area contributed by atoms with Crippen molar-refractivity contribution in [1.82, 2.24) is 0 Å². The summed E-state index contributed by atoms with van der Waals surface area (Å²) >= 11 is 5.88. The van der Waals surface area contributed by atoms with E-state index in [1.807, 2.05) is 48.5 Å². The second-order valence-electron chi connectivity index (χ2n) is 5.71. The van der Waals surface area contributed by atoms with Gasteiger partial charge in [0.25, 0.3) is 0 Å². The molecule has 0 bridgehead atoms. The maximum absolute atomic E-state index is 5.88. The Bertz CT molecular complexity index is 867. The van der Waals surface area contributed by atoms with Gasteiger partial charge in [0.2, 0.25) is 0 Å². The number of hydrogen-bond acceptors (Lipinski definition) is 1. The molecule has 3 aromatic rings. The molecule has 0 unspecified atom stereocenters. The quantitative estimate of drug-likeness (QED) is 0.511. The molecule has 25 heavy (non-hydrogen) atoms. The minimum absolute atomic E-state index is 0.723. The lowest BCUT2D eigenvalue weighted by atomic mass is 10.0. The summed E-state index contributed by atoms with van der Waals surface area (Å²) in [5.41, 5.74) is 4.28. The molecule has 2 heteroatoms. The van der Waals surface area contributed by atoms with Gasteiger partial charge in [-0.25, -0.2) is 0 Å². The Morgan fingerprint density at radius 3 is 1.72 bits per heavy atom. The van der Waals surface area contributed by atoms with Crippen LogP contribution in [0.1, 0.15) is 24.5 Å². The van der Waals surface area contributed by atoms with Crippen molar-refractivity contribution in [2.75, 3.05) is 6.61 Å². The molecule has 0 aliphatic rings. The van der Waals surface area contributed by atoms with Crippen LogP contribution in [0.4, 0.5) is 0 Å². The fraction of sp³-hybridized carbons (Fsp3) is 0.130. The summed E-state index contributed by atoms with van der Waals surface area (Å²) in [6.45, 7) is 2.85. The topological polar surface area (TPSA) is 9.23 Å². The van der Waals surface area contributed by atoms with E-state index >= 15 is 0 Å². The number of hydrogen-bond donors (Lipinski definition) is 0. The Balaban J connectivity index is 1.71. The lowest BCUT2D eigenvalue weighted by Gasteiger charge is -2.06. The fourth-order valence-electron chi connectivity index (χ4n) is 2.39. The van der Waals surface area contributed by atoms with Gasteiger partial charge in [0.05, 0.1) is 6.61 Å². The molecule has 0 aromatic heterocycles. The standard InChI is InChI=1S/C23H19ClO/c1-2-17-25-23-15-11-21(12-16-23)20-9-5-18(6-10-20)3-4-19-7-13-22(24)14-8-19/h5-16H,2,17H2,1H3. The minimum atomic E-state index is 0.723. The van der Waals surface area contributed by atoms with Gasteiger partial charge in [-0.3, -0.25) is 0 Å². The maximum atomic E-state index is 5.88. The van der Waals surface area contributed by atoms with Gasteiger partial charge in [0, 0.05) is 16.1 Å². The van der Waals surface area contributed by atoms with Gasteiger partial charge in [-0.2, -0.15) is 0 Å². The molecule has 3 rings (SSSR count). The second kappa shape index (κ2) is 8.42. The van der Waals surface area contributed by atoms with Crippen molar-refractivity contribution in [3.05, 3.63) is 88.9 Å². The van der Waals surface area contributed by atoms with E-state index in [2.05, 4.69) is 43.0 Å². The summed E-state index contributed by atoms with van der Waals surface area (Å²) in [7, 11) is 0. The summed E-state index contributed by atoms with van der Waals surface area (Å²) in [6.07, 6.45) is 1.01. The molecule has 0 N–H and O–H groups in total. The van der Waals surface area contributed by atoms with Gasteiger partial charge in [0.1, 0.15) is 5.75 Å².